The second kappa shape index (κ2) is 17.2. The van der Waals surface area contributed by atoms with Crippen LogP contribution in [0.4, 0.5) is 17.1 Å². The number of unbranched alkanes of at least 4 members (excludes halogenated alkanes) is 9. The average molecular weight is 468 g/mol. The van der Waals surface area contributed by atoms with Crippen LogP contribution < -0.4 is 4.90 Å². The molecule has 5 nitrogen and oxygen atoms in total. The molecule has 0 bridgehead atoms. The highest BCUT2D eigenvalue weighted by Crippen LogP contribution is 2.28. The van der Waals surface area contributed by atoms with Gasteiger partial charge in [0.25, 0.3) is 0 Å². The van der Waals surface area contributed by atoms with Crippen LogP contribution in [0.15, 0.2) is 52.7 Å². The monoisotopic (exact) mass is 467 g/mol. The van der Waals surface area contributed by atoms with Gasteiger partial charge in [-0.25, -0.2) is 0 Å². The minimum absolute atomic E-state index is 0.0519. The Morgan fingerprint density at radius 2 is 1.29 bits per heavy atom. The number of hydrogen-bond donors (Lipinski definition) is 2. The van der Waals surface area contributed by atoms with E-state index in [2.05, 4.69) is 29.3 Å². The van der Waals surface area contributed by atoms with Crippen LogP contribution in [0.3, 0.4) is 0 Å². The molecule has 0 unspecified atom stereocenters. The Bertz CT molecular complexity index is 832. The smallest absolute Gasteiger partial charge is 0.0889 e. The molecule has 0 aliphatic carbocycles. The lowest BCUT2D eigenvalue weighted by atomic mass is 10.0. The minimum atomic E-state index is 0.0519. The summed E-state index contributed by atoms with van der Waals surface area (Å²) in [5.41, 5.74) is 5.04. The Kier molecular flexibility index (Phi) is 14.2. The molecule has 5 heteroatoms. The summed E-state index contributed by atoms with van der Waals surface area (Å²) in [4.78, 5) is 1.97. The first kappa shape index (κ1) is 28.0. The number of aryl methyl sites for hydroxylation is 2. The quantitative estimate of drug-likeness (QED) is 0.175. The van der Waals surface area contributed by atoms with Crippen molar-refractivity contribution < 1.29 is 10.2 Å². The number of aliphatic hydroxyl groups excluding tert-OH is 2. The predicted molar refractivity (Wildman–Crippen MR) is 144 cm³/mol. The Morgan fingerprint density at radius 1 is 0.706 bits per heavy atom. The van der Waals surface area contributed by atoms with Crippen molar-refractivity contribution >= 4 is 17.1 Å². The van der Waals surface area contributed by atoms with Crippen molar-refractivity contribution in [1.29, 1.82) is 0 Å². The van der Waals surface area contributed by atoms with Crippen LogP contribution in [0.1, 0.15) is 82.3 Å². The van der Waals surface area contributed by atoms with Crippen molar-refractivity contribution in [2.45, 2.75) is 84.5 Å². The lowest BCUT2D eigenvalue weighted by Crippen LogP contribution is -2.29. The number of azo groups is 1. The number of rotatable bonds is 18. The number of aliphatic hydroxyl groups is 2. The van der Waals surface area contributed by atoms with Gasteiger partial charge in [0.15, 0.2) is 0 Å². The zero-order valence-electron chi connectivity index (χ0n) is 21.4. The summed E-state index contributed by atoms with van der Waals surface area (Å²) in [6.07, 6.45) is 14.5. The summed E-state index contributed by atoms with van der Waals surface area (Å²) in [5.74, 6) is 0. The fourth-order valence-corrected chi connectivity index (χ4v) is 4.29. The highest BCUT2D eigenvalue weighted by Gasteiger charge is 2.08. The second-order valence-corrected chi connectivity index (χ2v) is 9.17. The number of benzene rings is 2. The van der Waals surface area contributed by atoms with Crippen LogP contribution in [0.25, 0.3) is 0 Å². The van der Waals surface area contributed by atoms with E-state index >= 15 is 0 Å². The van der Waals surface area contributed by atoms with E-state index in [9.17, 15) is 10.2 Å². The molecule has 0 radical (unpaired) electrons. The van der Waals surface area contributed by atoms with Crippen LogP contribution in [0, 0.1) is 6.92 Å². The molecule has 0 heterocycles. The number of hydrogen-bond acceptors (Lipinski definition) is 5. The maximum Gasteiger partial charge on any atom is 0.0889 e. The Balaban J connectivity index is 1.85. The van der Waals surface area contributed by atoms with E-state index in [-0.39, 0.29) is 13.2 Å². The standard InChI is InChI=1S/C29H45N3O2/c1-3-4-5-6-7-8-9-10-11-12-15-26-16-13-14-17-29(26)31-30-28-19-18-27(24-25(28)2)32(20-22-33)21-23-34/h13-14,16-19,24,33-34H,3-12,15,20-23H2,1-2H3/b31-30+. The topological polar surface area (TPSA) is 68.4 Å². The molecular formula is C29H45N3O2. The maximum atomic E-state index is 9.28. The third-order valence-electron chi connectivity index (χ3n) is 6.34. The summed E-state index contributed by atoms with van der Waals surface area (Å²) in [5, 5.41) is 27.7. The van der Waals surface area contributed by atoms with E-state index in [1.54, 1.807) is 0 Å². The minimum Gasteiger partial charge on any atom is -0.395 e. The first-order valence-electron chi connectivity index (χ1n) is 13.3. The van der Waals surface area contributed by atoms with Crippen LogP contribution in [-0.2, 0) is 6.42 Å². The molecule has 2 aromatic carbocycles. The summed E-state index contributed by atoms with van der Waals surface area (Å²) in [7, 11) is 0. The number of nitrogens with zero attached hydrogens (tertiary/aromatic N) is 3. The molecule has 0 saturated heterocycles. The normalized spacial score (nSPS) is 11.4. The molecule has 0 aliphatic heterocycles. The van der Waals surface area contributed by atoms with Gasteiger partial charge in [-0.1, -0.05) is 82.9 Å². The van der Waals surface area contributed by atoms with Gasteiger partial charge in [-0.05, 0) is 55.2 Å². The van der Waals surface area contributed by atoms with Crippen molar-refractivity contribution in [2.24, 2.45) is 10.2 Å². The van der Waals surface area contributed by atoms with Gasteiger partial charge in [-0.2, -0.15) is 10.2 Å². The van der Waals surface area contributed by atoms with Crippen LogP contribution in [-0.4, -0.2) is 36.5 Å². The van der Waals surface area contributed by atoms with Gasteiger partial charge in [0.1, 0.15) is 0 Å². The molecule has 0 aliphatic rings. The van der Waals surface area contributed by atoms with Gasteiger partial charge in [0.05, 0.1) is 24.6 Å². The molecular weight excluding hydrogens is 422 g/mol. The molecule has 34 heavy (non-hydrogen) atoms. The van der Waals surface area contributed by atoms with E-state index in [1.807, 2.05) is 42.2 Å². The largest absolute Gasteiger partial charge is 0.395 e. The van der Waals surface area contributed by atoms with Gasteiger partial charge in [0.2, 0.25) is 0 Å². The average Bonchev–Trinajstić information content (AvgIpc) is 2.85. The van der Waals surface area contributed by atoms with Crippen molar-refractivity contribution in [3.8, 4) is 0 Å². The molecule has 0 aromatic heterocycles. The molecule has 188 valence electrons. The number of anilines is 1. The molecule has 2 rings (SSSR count). The summed E-state index contributed by atoms with van der Waals surface area (Å²) >= 11 is 0. The van der Waals surface area contributed by atoms with Gasteiger partial charge >= 0.3 is 0 Å². The maximum absolute atomic E-state index is 9.28. The molecule has 0 spiro atoms. The first-order chi connectivity index (χ1) is 16.7. The first-order valence-corrected chi connectivity index (χ1v) is 13.3. The third kappa shape index (κ3) is 10.4. The molecule has 0 atom stereocenters. The summed E-state index contributed by atoms with van der Waals surface area (Å²) in [6, 6.07) is 14.3. The zero-order chi connectivity index (χ0) is 24.4. The van der Waals surface area contributed by atoms with Gasteiger partial charge in [-0.15, -0.1) is 0 Å². The Hall–Kier alpha value is -2.24. The van der Waals surface area contributed by atoms with Gasteiger partial charge in [0, 0.05) is 18.8 Å². The van der Waals surface area contributed by atoms with Gasteiger partial charge in [-0.3, -0.25) is 0 Å². The van der Waals surface area contributed by atoms with Crippen LogP contribution in [0.2, 0.25) is 0 Å². The fourth-order valence-electron chi connectivity index (χ4n) is 4.29. The fraction of sp³-hybridized carbons (Fsp3) is 0.586. The van der Waals surface area contributed by atoms with E-state index in [0.29, 0.717) is 13.1 Å². The highest BCUT2D eigenvalue weighted by molar-refractivity contribution is 5.58. The van der Waals surface area contributed by atoms with Crippen LogP contribution >= 0.6 is 0 Å². The van der Waals surface area contributed by atoms with E-state index in [0.717, 1.165) is 29.0 Å². The SMILES string of the molecule is CCCCCCCCCCCCc1ccccc1/N=N/c1ccc(N(CCO)CCO)cc1C. The third-order valence-corrected chi connectivity index (χ3v) is 6.34. The van der Waals surface area contributed by atoms with Crippen molar-refractivity contribution in [3.05, 3.63) is 53.6 Å². The second-order valence-electron chi connectivity index (χ2n) is 9.17. The Labute approximate surface area is 206 Å². The zero-order valence-corrected chi connectivity index (χ0v) is 21.4. The molecule has 0 saturated carbocycles. The van der Waals surface area contributed by atoms with E-state index < -0.39 is 0 Å². The molecule has 0 amide bonds. The molecule has 2 N–H and O–H groups in total. The van der Waals surface area contributed by atoms with Crippen molar-refractivity contribution in [2.75, 3.05) is 31.2 Å². The van der Waals surface area contributed by atoms with Crippen LogP contribution in [0.5, 0.6) is 0 Å². The predicted octanol–water partition coefficient (Wildman–Crippen LogP) is 7.66. The van der Waals surface area contributed by atoms with E-state index in [1.165, 1.54) is 69.8 Å². The highest BCUT2D eigenvalue weighted by atomic mass is 16.3. The molecule has 0 fully saturated rings. The summed E-state index contributed by atoms with van der Waals surface area (Å²) in [6.45, 7) is 5.38. The summed E-state index contributed by atoms with van der Waals surface area (Å²) < 4.78 is 0. The molecule has 2 aromatic rings. The lowest BCUT2D eigenvalue weighted by molar-refractivity contribution is 0.281. The van der Waals surface area contributed by atoms with Crippen molar-refractivity contribution in [1.82, 2.24) is 0 Å². The van der Waals surface area contributed by atoms with Crippen molar-refractivity contribution in [3.63, 3.8) is 0 Å². The lowest BCUT2D eigenvalue weighted by Gasteiger charge is -2.23. The van der Waals surface area contributed by atoms with Gasteiger partial charge < -0.3 is 15.1 Å². The Morgan fingerprint density at radius 3 is 1.91 bits per heavy atom. The van der Waals surface area contributed by atoms with E-state index in [4.69, 9.17) is 0 Å².